The second kappa shape index (κ2) is 12.8. The molecule has 0 heterocycles. The maximum atomic E-state index is 14.8. The molecular weight excluding hydrogens is 446 g/mol. The van der Waals surface area contributed by atoms with Crippen LogP contribution in [0, 0.1) is 11.6 Å². The SMILES string of the molecule is C=CCCc1ccc(CCc2ccc(C3C=CC(c4ccc(CCCC)c(F)c4F)CC3)cc2)cc1. The van der Waals surface area contributed by atoms with E-state index in [-0.39, 0.29) is 5.92 Å². The van der Waals surface area contributed by atoms with Gasteiger partial charge in [0.2, 0.25) is 0 Å². The van der Waals surface area contributed by atoms with Crippen LogP contribution >= 0.6 is 0 Å². The highest BCUT2D eigenvalue weighted by Gasteiger charge is 2.23. The van der Waals surface area contributed by atoms with Crippen molar-refractivity contribution in [2.24, 2.45) is 0 Å². The van der Waals surface area contributed by atoms with Crippen molar-refractivity contribution in [2.45, 2.75) is 76.5 Å². The molecule has 0 saturated heterocycles. The number of allylic oxidation sites excluding steroid dienone is 3. The Balaban J connectivity index is 1.33. The fraction of sp³-hybridized carbons (Fsp3) is 0.353. The van der Waals surface area contributed by atoms with Crippen molar-refractivity contribution in [1.82, 2.24) is 0 Å². The summed E-state index contributed by atoms with van der Waals surface area (Å²) in [6.45, 7) is 5.85. The minimum absolute atomic E-state index is 0.0570. The van der Waals surface area contributed by atoms with Crippen LogP contribution in [0.3, 0.4) is 0 Å². The van der Waals surface area contributed by atoms with Crippen molar-refractivity contribution in [3.05, 3.63) is 130 Å². The number of halogens is 2. The number of aryl methyl sites for hydroxylation is 4. The minimum Gasteiger partial charge on any atom is -0.203 e. The fourth-order valence-electron chi connectivity index (χ4n) is 5.17. The molecular formula is C34H38F2. The lowest BCUT2D eigenvalue weighted by molar-refractivity contribution is 0.476. The lowest BCUT2D eigenvalue weighted by atomic mass is 9.81. The van der Waals surface area contributed by atoms with Gasteiger partial charge in [-0.3, -0.25) is 0 Å². The van der Waals surface area contributed by atoms with Crippen LogP contribution < -0.4 is 0 Å². The van der Waals surface area contributed by atoms with E-state index in [1.54, 1.807) is 12.1 Å². The first-order chi connectivity index (χ1) is 17.6. The number of benzene rings is 3. The van der Waals surface area contributed by atoms with Crippen molar-refractivity contribution < 1.29 is 8.78 Å². The van der Waals surface area contributed by atoms with Gasteiger partial charge in [0.1, 0.15) is 0 Å². The predicted octanol–water partition coefficient (Wildman–Crippen LogP) is 9.43. The molecule has 0 bridgehead atoms. The topological polar surface area (TPSA) is 0 Å². The zero-order chi connectivity index (χ0) is 25.3. The van der Waals surface area contributed by atoms with Gasteiger partial charge in [-0.2, -0.15) is 0 Å². The summed E-state index contributed by atoms with van der Waals surface area (Å²) in [7, 11) is 0. The molecule has 4 rings (SSSR count). The Labute approximate surface area is 215 Å². The lowest BCUT2D eigenvalue weighted by Gasteiger charge is -2.24. The van der Waals surface area contributed by atoms with E-state index >= 15 is 0 Å². The molecule has 0 fully saturated rings. The first-order valence-electron chi connectivity index (χ1n) is 13.5. The Hall–Kier alpha value is -3.00. The molecule has 2 heteroatoms. The van der Waals surface area contributed by atoms with Gasteiger partial charge in [0.25, 0.3) is 0 Å². The van der Waals surface area contributed by atoms with Crippen molar-refractivity contribution in [3.8, 4) is 0 Å². The maximum absolute atomic E-state index is 14.8. The summed E-state index contributed by atoms with van der Waals surface area (Å²) in [6, 6.07) is 21.4. The smallest absolute Gasteiger partial charge is 0.162 e. The van der Waals surface area contributed by atoms with Gasteiger partial charge >= 0.3 is 0 Å². The molecule has 0 nitrogen and oxygen atoms in total. The van der Waals surface area contributed by atoms with Gasteiger partial charge in [0, 0.05) is 11.8 Å². The molecule has 0 N–H and O–H groups in total. The standard InChI is InChI=1S/C34H38F2/c1-3-5-7-25-9-11-26(12-10-25)13-14-27-15-17-28(18-16-27)29-19-21-30(22-20-29)32-24-23-31(8-6-4-2)33(35)34(32)36/h3,9-12,15-19,21,23-24,29-30H,1,4-8,13-14,20,22H2,2H3. The second-order valence-corrected chi connectivity index (χ2v) is 10.1. The van der Waals surface area contributed by atoms with Crippen LogP contribution in [0.1, 0.15) is 84.2 Å². The highest BCUT2D eigenvalue weighted by molar-refractivity contribution is 5.35. The average Bonchev–Trinajstić information content (AvgIpc) is 2.92. The van der Waals surface area contributed by atoms with Crippen molar-refractivity contribution in [1.29, 1.82) is 0 Å². The Kier molecular flexibility index (Phi) is 9.28. The lowest BCUT2D eigenvalue weighted by Crippen LogP contribution is -2.10. The van der Waals surface area contributed by atoms with Gasteiger partial charge in [0.15, 0.2) is 11.6 Å². The Bertz CT molecular complexity index is 1160. The largest absolute Gasteiger partial charge is 0.203 e. The highest BCUT2D eigenvalue weighted by atomic mass is 19.2. The summed E-state index contributed by atoms with van der Waals surface area (Å²) < 4.78 is 29.3. The van der Waals surface area contributed by atoms with E-state index in [9.17, 15) is 8.78 Å². The average molecular weight is 485 g/mol. The van der Waals surface area contributed by atoms with Gasteiger partial charge in [-0.1, -0.05) is 92.2 Å². The van der Waals surface area contributed by atoms with Crippen molar-refractivity contribution >= 4 is 0 Å². The number of hydrogen-bond donors (Lipinski definition) is 0. The molecule has 0 amide bonds. The van der Waals surface area contributed by atoms with E-state index in [4.69, 9.17) is 0 Å². The quantitative estimate of drug-likeness (QED) is 0.238. The van der Waals surface area contributed by atoms with Crippen LogP contribution in [-0.2, 0) is 25.7 Å². The third kappa shape index (κ3) is 6.60. The van der Waals surface area contributed by atoms with Crippen LogP contribution in [0.2, 0.25) is 0 Å². The fourth-order valence-corrected chi connectivity index (χ4v) is 5.17. The zero-order valence-electron chi connectivity index (χ0n) is 21.5. The second-order valence-electron chi connectivity index (χ2n) is 10.1. The molecule has 3 aromatic carbocycles. The summed E-state index contributed by atoms with van der Waals surface area (Å²) in [5.74, 6) is -1.04. The molecule has 0 aliphatic heterocycles. The maximum Gasteiger partial charge on any atom is 0.162 e. The van der Waals surface area contributed by atoms with Gasteiger partial charge in [-0.05, 0) is 84.7 Å². The summed E-state index contributed by atoms with van der Waals surface area (Å²) in [4.78, 5) is 0. The van der Waals surface area contributed by atoms with Crippen LogP contribution in [0.4, 0.5) is 8.78 Å². The number of unbranched alkanes of at least 4 members (excludes halogenated alkanes) is 1. The molecule has 0 radical (unpaired) electrons. The van der Waals surface area contributed by atoms with Crippen LogP contribution in [0.15, 0.2) is 85.5 Å². The zero-order valence-corrected chi connectivity index (χ0v) is 21.5. The predicted molar refractivity (Wildman–Crippen MR) is 148 cm³/mol. The van der Waals surface area contributed by atoms with Gasteiger partial charge in [0.05, 0.1) is 0 Å². The van der Waals surface area contributed by atoms with Crippen LogP contribution in [0.25, 0.3) is 0 Å². The number of hydrogen-bond acceptors (Lipinski definition) is 0. The summed E-state index contributed by atoms with van der Waals surface area (Å²) in [6.07, 6.45) is 14.6. The Morgan fingerprint density at radius 1 is 0.722 bits per heavy atom. The summed E-state index contributed by atoms with van der Waals surface area (Å²) >= 11 is 0. The molecule has 36 heavy (non-hydrogen) atoms. The van der Waals surface area contributed by atoms with Crippen LogP contribution in [0.5, 0.6) is 0 Å². The first kappa shape index (κ1) is 26.1. The molecule has 2 unspecified atom stereocenters. The minimum atomic E-state index is -0.660. The Morgan fingerprint density at radius 2 is 1.31 bits per heavy atom. The molecule has 0 saturated carbocycles. The molecule has 0 spiro atoms. The van der Waals surface area contributed by atoms with Gasteiger partial charge in [-0.25, -0.2) is 8.78 Å². The van der Waals surface area contributed by atoms with E-state index in [1.165, 1.54) is 22.3 Å². The van der Waals surface area contributed by atoms with Crippen LogP contribution in [-0.4, -0.2) is 0 Å². The van der Waals surface area contributed by atoms with Gasteiger partial charge < -0.3 is 0 Å². The van der Waals surface area contributed by atoms with E-state index in [0.717, 1.165) is 51.4 Å². The molecule has 2 atom stereocenters. The third-order valence-electron chi connectivity index (χ3n) is 7.53. The Morgan fingerprint density at radius 3 is 1.89 bits per heavy atom. The van der Waals surface area contributed by atoms with E-state index in [2.05, 4.69) is 74.2 Å². The summed E-state index contributed by atoms with van der Waals surface area (Å²) in [5, 5.41) is 0. The van der Waals surface area contributed by atoms with Crippen molar-refractivity contribution in [3.63, 3.8) is 0 Å². The molecule has 0 aromatic heterocycles. The normalized spacial score (nSPS) is 17.3. The molecule has 3 aromatic rings. The molecule has 188 valence electrons. The molecule has 1 aliphatic rings. The van der Waals surface area contributed by atoms with E-state index < -0.39 is 11.6 Å². The number of rotatable bonds is 11. The van der Waals surface area contributed by atoms with E-state index in [1.807, 2.05) is 6.08 Å². The first-order valence-corrected chi connectivity index (χ1v) is 13.5. The van der Waals surface area contributed by atoms with Crippen molar-refractivity contribution in [2.75, 3.05) is 0 Å². The molecule has 1 aliphatic carbocycles. The monoisotopic (exact) mass is 484 g/mol. The third-order valence-corrected chi connectivity index (χ3v) is 7.53. The summed E-state index contributed by atoms with van der Waals surface area (Å²) in [5.41, 5.74) is 6.35. The highest BCUT2D eigenvalue weighted by Crippen LogP contribution is 2.37. The van der Waals surface area contributed by atoms with E-state index in [0.29, 0.717) is 23.5 Å². The van der Waals surface area contributed by atoms with Gasteiger partial charge in [-0.15, -0.1) is 6.58 Å².